The van der Waals surface area contributed by atoms with Gasteiger partial charge in [-0.05, 0) is 30.5 Å². The molecule has 0 amide bonds. The van der Waals surface area contributed by atoms with Crippen LogP contribution in [-0.4, -0.2) is 21.1 Å². The molecule has 0 fully saturated rings. The molecule has 2 aromatic rings. The van der Waals surface area contributed by atoms with Gasteiger partial charge in [-0.25, -0.2) is 4.68 Å². The number of nitrogen functional groups attached to an aromatic ring is 1. The van der Waals surface area contributed by atoms with E-state index in [1.165, 1.54) is 16.4 Å². The van der Waals surface area contributed by atoms with Crippen LogP contribution in [0.4, 0.5) is 5.69 Å². The maximum Gasteiger partial charge on any atom is 0.209 e. The van der Waals surface area contributed by atoms with Crippen LogP contribution < -0.4 is 11.2 Å². The van der Waals surface area contributed by atoms with Crippen LogP contribution in [0, 0.1) is 0 Å². The van der Waals surface area contributed by atoms with Crippen LogP contribution in [-0.2, 0) is 6.54 Å². The number of hydrogen-bond donors (Lipinski definition) is 2. The summed E-state index contributed by atoms with van der Waals surface area (Å²) in [5.41, 5.74) is 0.961. The Morgan fingerprint density at radius 2 is 2.06 bits per heavy atom. The fourth-order valence-corrected chi connectivity index (χ4v) is 1.87. The zero-order valence-electron chi connectivity index (χ0n) is 9.22. The third-order valence-corrected chi connectivity index (χ3v) is 3.11. The zero-order valence-corrected chi connectivity index (χ0v) is 10.8. The van der Waals surface area contributed by atoms with Gasteiger partial charge in [-0.3, -0.25) is 0 Å². The summed E-state index contributed by atoms with van der Waals surface area (Å²) in [5, 5.41) is 12.5. The van der Waals surface area contributed by atoms with Gasteiger partial charge in [0.05, 0.1) is 6.54 Å². The second kappa shape index (κ2) is 5.29. The number of benzene rings is 1. The van der Waals surface area contributed by atoms with Gasteiger partial charge in [0.25, 0.3) is 0 Å². The molecule has 0 aliphatic heterocycles. The van der Waals surface area contributed by atoms with E-state index in [0.29, 0.717) is 22.5 Å². The molecular weight excluding hydrogens is 258 g/mol. The van der Waals surface area contributed by atoms with Gasteiger partial charge in [-0.1, -0.05) is 23.4 Å². The molecular formula is C10H12ClN5S. The third kappa shape index (κ3) is 2.83. The van der Waals surface area contributed by atoms with Crippen molar-refractivity contribution in [1.82, 2.24) is 14.9 Å². The Balaban J connectivity index is 2.02. The van der Waals surface area contributed by atoms with Gasteiger partial charge < -0.3 is 11.2 Å². The number of nitrogens with one attached hydrogen (secondary N) is 1. The Morgan fingerprint density at radius 1 is 1.35 bits per heavy atom. The van der Waals surface area contributed by atoms with Crippen molar-refractivity contribution in [2.45, 2.75) is 11.7 Å². The molecule has 0 aliphatic carbocycles. The lowest BCUT2D eigenvalue weighted by Gasteiger charge is -2.06. The highest BCUT2D eigenvalue weighted by atomic mass is 35.5. The van der Waals surface area contributed by atoms with Gasteiger partial charge in [0.2, 0.25) is 5.16 Å². The minimum Gasteiger partial charge on any atom is -0.378 e. The molecule has 0 unspecified atom stereocenters. The SMILES string of the molecule is CSc1nnc(CNc2ccc(Cl)cc2)n1N. The average Bonchev–Trinajstić information content (AvgIpc) is 2.69. The highest BCUT2D eigenvalue weighted by Gasteiger charge is 2.07. The third-order valence-electron chi connectivity index (χ3n) is 2.21. The Bertz CT molecular complexity index is 496. The van der Waals surface area contributed by atoms with Crippen molar-refractivity contribution >= 4 is 29.1 Å². The molecule has 90 valence electrons. The van der Waals surface area contributed by atoms with E-state index in [1.807, 2.05) is 30.5 Å². The molecule has 1 heterocycles. The van der Waals surface area contributed by atoms with E-state index in [1.54, 1.807) is 0 Å². The molecule has 7 heteroatoms. The number of halogens is 1. The Labute approximate surface area is 108 Å². The lowest BCUT2D eigenvalue weighted by Crippen LogP contribution is -2.16. The van der Waals surface area contributed by atoms with Crippen molar-refractivity contribution in [3.05, 3.63) is 35.1 Å². The van der Waals surface area contributed by atoms with Gasteiger partial charge >= 0.3 is 0 Å². The predicted molar refractivity (Wildman–Crippen MR) is 70.7 cm³/mol. The highest BCUT2D eigenvalue weighted by Crippen LogP contribution is 2.15. The van der Waals surface area contributed by atoms with Gasteiger partial charge in [0.15, 0.2) is 5.82 Å². The summed E-state index contributed by atoms with van der Waals surface area (Å²) in [6.07, 6.45) is 1.91. The van der Waals surface area contributed by atoms with E-state index in [-0.39, 0.29) is 0 Å². The monoisotopic (exact) mass is 269 g/mol. The summed E-state index contributed by atoms with van der Waals surface area (Å²) in [4.78, 5) is 0. The first kappa shape index (κ1) is 12.1. The number of nitrogens with zero attached hydrogens (tertiary/aromatic N) is 3. The largest absolute Gasteiger partial charge is 0.378 e. The van der Waals surface area contributed by atoms with Crippen molar-refractivity contribution in [3.63, 3.8) is 0 Å². The van der Waals surface area contributed by atoms with Crippen molar-refractivity contribution in [2.24, 2.45) is 0 Å². The van der Waals surface area contributed by atoms with Crippen LogP contribution in [0.15, 0.2) is 29.4 Å². The minimum atomic E-state index is 0.520. The number of thioether (sulfide) groups is 1. The summed E-state index contributed by atoms with van der Waals surface area (Å²) < 4.78 is 1.48. The molecule has 17 heavy (non-hydrogen) atoms. The molecule has 0 saturated heterocycles. The summed E-state index contributed by atoms with van der Waals surface area (Å²) in [6.45, 7) is 0.520. The number of hydrogen-bond acceptors (Lipinski definition) is 5. The van der Waals surface area contributed by atoms with Crippen LogP contribution in [0.1, 0.15) is 5.82 Å². The van der Waals surface area contributed by atoms with E-state index in [2.05, 4.69) is 15.5 Å². The molecule has 1 aromatic carbocycles. The minimum absolute atomic E-state index is 0.520. The number of anilines is 1. The van der Waals surface area contributed by atoms with Crippen LogP contribution in [0.3, 0.4) is 0 Å². The van der Waals surface area contributed by atoms with E-state index >= 15 is 0 Å². The smallest absolute Gasteiger partial charge is 0.209 e. The number of rotatable bonds is 4. The molecule has 0 bridgehead atoms. The molecule has 3 N–H and O–H groups in total. The topological polar surface area (TPSA) is 68.8 Å². The van der Waals surface area contributed by atoms with Crippen molar-refractivity contribution in [1.29, 1.82) is 0 Å². The van der Waals surface area contributed by atoms with Crippen LogP contribution in [0.25, 0.3) is 0 Å². The second-order valence-corrected chi connectivity index (χ2v) is 4.54. The van der Waals surface area contributed by atoms with Crippen LogP contribution >= 0.6 is 23.4 Å². The lowest BCUT2D eigenvalue weighted by atomic mass is 10.3. The fourth-order valence-electron chi connectivity index (χ4n) is 1.32. The Kier molecular flexibility index (Phi) is 3.75. The first-order chi connectivity index (χ1) is 8.20. The molecule has 5 nitrogen and oxygen atoms in total. The molecule has 0 atom stereocenters. The quantitative estimate of drug-likeness (QED) is 0.656. The fraction of sp³-hybridized carbons (Fsp3) is 0.200. The van der Waals surface area contributed by atoms with Crippen molar-refractivity contribution in [3.8, 4) is 0 Å². The summed E-state index contributed by atoms with van der Waals surface area (Å²) in [7, 11) is 0. The summed E-state index contributed by atoms with van der Waals surface area (Å²) in [5.74, 6) is 6.50. The maximum absolute atomic E-state index is 5.81. The molecule has 0 spiro atoms. The van der Waals surface area contributed by atoms with Crippen LogP contribution in [0.2, 0.25) is 5.02 Å². The number of aromatic nitrogens is 3. The van der Waals surface area contributed by atoms with Gasteiger partial charge in [-0.2, -0.15) is 0 Å². The van der Waals surface area contributed by atoms with Gasteiger partial charge in [0, 0.05) is 10.7 Å². The standard InChI is InChI=1S/C10H12ClN5S/c1-17-10-15-14-9(16(10)12)6-13-8-4-2-7(11)3-5-8/h2-5,13H,6,12H2,1H3. The van der Waals surface area contributed by atoms with E-state index in [0.717, 1.165) is 5.69 Å². The maximum atomic E-state index is 5.81. The first-order valence-electron chi connectivity index (χ1n) is 4.93. The summed E-state index contributed by atoms with van der Waals surface area (Å²) >= 11 is 7.26. The Morgan fingerprint density at radius 3 is 2.65 bits per heavy atom. The first-order valence-corrected chi connectivity index (χ1v) is 6.54. The predicted octanol–water partition coefficient (Wildman–Crippen LogP) is 1.98. The van der Waals surface area contributed by atoms with Crippen molar-refractivity contribution in [2.75, 3.05) is 17.4 Å². The highest BCUT2D eigenvalue weighted by molar-refractivity contribution is 7.98. The van der Waals surface area contributed by atoms with Crippen LogP contribution in [0.5, 0.6) is 0 Å². The Hall–Kier alpha value is -1.40. The molecule has 1 aromatic heterocycles. The van der Waals surface area contributed by atoms with Gasteiger partial charge in [0.1, 0.15) is 0 Å². The average molecular weight is 270 g/mol. The van der Waals surface area contributed by atoms with E-state index in [4.69, 9.17) is 17.4 Å². The van der Waals surface area contributed by atoms with E-state index in [9.17, 15) is 0 Å². The lowest BCUT2D eigenvalue weighted by molar-refractivity contribution is 0.801. The van der Waals surface area contributed by atoms with Crippen molar-refractivity contribution < 1.29 is 0 Å². The normalized spacial score (nSPS) is 10.5. The molecule has 0 saturated carbocycles. The van der Waals surface area contributed by atoms with E-state index < -0.39 is 0 Å². The number of nitrogens with two attached hydrogens (primary N) is 1. The van der Waals surface area contributed by atoms with Gasteiger partial charge in [-0.15, -0.1) is 10.2 Å². The molecule has 2 rings (SSSR count). The molecule has 0 aliphatic rings. The molecule has 0 radical (unpaired) electrons. The zero-order chi connectivity index (χ0) is 12.3. The second-order valence-electron chi connectivity index (χ2n) is 3.33. The summed E-state index contributed by atoms with van der Waals surface area (Å²) in [6, 6.07) is 7.44.